The Labute approximate surface area is 126 Å². The summed E-state index contributed by atoms with van der Waals surface area (Å²) < 4.78 is 19.6. The topological polar surface area (TPSA) is 29.5 Å². The second-order valence-electron chi connectivity index (χ2n) is 6.12. The van der Waals surface area contributed by atoms with E-state index in [-0.39, 0.29) is 12.4 Å². The lowest BCUT2D eigenvalue weighted by Gasteiger charge is -2.31. The van der Waals surface area contributed by atoms with Crippen LogP contribution in [0, 0.1) is 29.5 Å². The van der Waals surface area contributed by atoms with Crippen LogP contribution in [0.5, 0.6) is 0 Å². The fraction of sp³-hybridized carbons (Fsp3) is 0.556. The summed E-state index contributed by atoms with van der Waals surface area (Å²) >= 11 is 0. The Balaban J connectivity index is 1.97. The molecule has 0 radical (unpaired) electrons. The van der Waals surface area contributed by atoms with E-state index in [1.165, 1.54) is 12.5 Å². The molecule has 0 amide bonds. The van der Waals surface area contributed by atoms with E-state index in [1.807, 2.05) is 0 Å². The van der Waals surface area contributed by atoms with Gasteiger partial charge in [-0.1, -0.05) is 31.8 Å². The molecule has 0 spiro atoms. The van der Waals surface area contributed by atoms with Crippen molar-refractivity contribution in [2.75, 3.05) is 6.61 Å². The highest BCUT2D eigenvalue weighted by molar-refractivity contribution is 5.38. The van der Waals surface area contributed by atoms with E-state index in [1.54, 1.807) is 12.1 Å². The Morgan fingerprint density at radius 1 is 1.24 bits per heavy atom. The van der Waals surface area contributed by atoms with E-state index in [0.29, 0.717) is 30.1 Å². The van der Waals surface area contributed by atoms with E-state index < -0.39 is 0 Å². The Morgan fingerprint density at radius 3 is 2.62 bits per heavy atom. The third kappa shape index (κ3) is 4.84. The maximum absolute atomic E-state index is 13.6. The molecule has 1 N–H and O–H groups in total. The number of aliphatic hydroxyl groups excluding tert-OH is 1. The molecule has 0 aliphatic heterocycles. The zero-order chi connectivity index (χ0) is 15.2. The van der Waals surface area contributed by atoms with Gasteiger partial charge in [-0.05, 0) is 48.8 Å². The standard InChI is InChI=1S/C18H23FO2/c1-13-8-14(2)10-17(9-13)21-12-15-5-6-18(19)16(11-15)4-3-7-20/h5-6,11,13-14,17,20H,7-10,12H2,1-2H3. The van der Waals surface area contributed by atoms with Crippen LogP contribution in [0.1, 0.15) is 44.2 Å². The first-order valence-electron chi connectivity index (χ1n) is 7.58. The van der Waals surface area contributed by atoms with Gasteiger partial charge in [-0.2, -0.15) is 0 Å². The van der Waals surface area contributed by atoms with Gasteiger partial charge in [0.1, 0.15) is 12.4 Å². The summed E-state index contributed by atoms with van der Waals surface area (Å²) in [5.41, 5.74) is 1.24. The van der Waals surface area contributed by atoms with Gasteiger partial charge in [0.2, 0.25) is 0 Å². The molecule has 2 unspecified atom stereocenters. The minimum absolute atomic E-state index is 0.266. The van der Waals surface area contributed by atoms with Crippen LogP contribution in [-0.4, -0.2) is 17.8 Å². The van der Waals surface area contributed by atoms with Gasteiger partial charge in [-0.15, -0.1) is 0 Å². The van der Waals surface area contributed by atoms with Crippen LogP contribution in [0.25, 0.3) is 0 Å². The van der Waals surface area contributed by atoms with Crippen LogP contribution in [0.15, 0.2) is 18.2 Å². The van der Waals surface area contributed by atoms with E-state index in [4.69, 9.17) is 9.84 Å². The molecule has 21 heavy (non-hydrogen) atoms. The fourth-order valence-electron chi connectivity index (χ4n) is 3.12. The quantitative estimate of drug-likeness (QED) is 0.863. The molecule has 1 aliphatic rings. The normalized spacial score (nSPS) is 25.2. The highest BCUT2D eigenvalue weighted by atomic mass is 19.1. The number of halogens is 1. The third-order valence-electron chi connectivity index (χ3n) is 3.95. The third-order valence-corrected chi connectivity index (χ3v) is 3.95. The lowest BCUT2D eigenvalue weighted by atomic mass is 9.82. The van der Waals surface area contributed by atoms with Crippen molar-refractivity contribution >= 4 is 0 Å². The lowest BCUT2D eigenvalue weighted by molar-refractivity contribution is -0.00917. The maximum Gasteiger partial charge on any atom is 0.138 e. The van der Waals surface area contributed by atoms with Crippen molar-refractivity contribution in [3.05, 3.63) is 35.1 Å². The number of hydrogen-bond acceptors (Lipinski definition) is 2. The zero-order valence-electron chi connectivity index (χ0n) is 12.7. The van der Waals surface area contributed by atoms with Gasteiger partial charge < -0.3 is 9.84 Å². The smallest absolute Gasteiger partial charge is 0.138 e. The molecule has 114 valence electrons. The molecule has 0 heterocycles. The summed E-state index contributed by atoms with van der Waals surface area (Å²) in [6.45, 7) is 4.76. The molecule has 2 rings (SSSR count). The first-order valence-corrected chi connectivity index (χ1v) is 7.58. The van der Waals surface area contributed by atoms with Crippen LogP contribution in [0.4, 0.5) is 4.39 Å². The molecule has 0 aromatic heterocycles. The van der Waals surface area contributed by atoms with Crippen molar-refractivity contribution in [1.29, 1.82) is 0 Å². The Bertz CT molecular complexity index is 520. The molecule has 1 aliphatic carbocycles. The van der Waals surface area contributed by atoms with Crippen molar-refractivity contribution in [2.45, 2.75) is 45.8 Å². The monoisotopic (exact) mass is 290 g/mol. The number of aliphatic hydroxyl groups is 1. The molecule has 0 bridgehead atoms. The van der Waals surface area contributed by atoms with Gasteiger partial charge in [-0.25, -0.2) is 4.39 Å². The summed E-state index contributed by atoms with van der Waals surface area (Å²) in [6, 6.07) is 4.84. The number of ether oxygens (including phenoxy) is 1. The molecule has 1 aromatic rings. The van der Waals surface area contributed by atoms with Crippen molar-refractivity contribution in [2.24, 2.45) is 11.8 Å². The van der Waals surface area contributed by atoms with Crippen LogP contribution in [-0.2, 0) is 11.3 Å². The van der Waals surface area contributed by atoms with Gasteiger partial charge in [0.15, 0.2) is 0 Å². The highest BCUT2D eigenvalue weighted by Gasteiger charge is 2.24. The maximum atomic E-state index is 13.6. The molecule has 2 nitrogen and oxygen atoms in total. The summed E-state index contributed by atoms with van der Waals surface area (Å²) in [4.78, 5) is 0. The Hall–Kier alpha value is -1.37. The van der Waals surface area contributed by atoms with E-state index in [0.717, 1.165) is 18.4 Å². The summed E-state index contributed by atoms with van der Waals surface area (Å²) in [5.74, 6) is 6.15. The Morgan fingerprint density at radius 2 is 1.95 bits per heavy atom. The predicted molar refractivity (Wildman–Crippen MR) is 81.1 cm³/mol. The average Bonchev–Trinajstić information content (AvgIpc) is 2.44. The van der Waals surface area contributed by atoms with Gasteiger partial charge in [-0.3, -0.25) is 0 Å². The molecule has 1 aromatic carbocycles. The molecular formula is C18H23FO2. The van der Waals surface area contributed by atoms with Crippen LogP contribution >= 0.6 is 0 Å². The van der Waals surface area contributed by atoms with Crippen molar-refractivity contribution in [3.8, 4) is 11.8 Å². The minimum Gasteiger partial charge on any atom is -0.384 e. The number of benzene rings is 1. The molecular weight excluding hydrogens is 267 g/mol. The lowest BCUT2D eigenvalue weighted by Crippen LogP contribution is -2.26. The van der Waals surface area contributed by atoms with Gasteiger partial charge in [0.25, 0.3) is 0 Å². The second kappa shape index (κ2) is 7.59. The van der Waals surface area contributed by atoms with Gasteiger partial charge >= 0.3 is 0 Å². The summed E-state index contributed by atoms with van der Waals surface area (Å²) in [6.07, 6.45) is 3.77. The molecule has 0 saturated heterocycles. The second-order valence-corrected chi connectivity index (χ2v) is 6.12. The summed E-state index contributed by atoms with van der Waals surface area (Å²) in [5, 5.41) is 8.69. The van der Waals surface area contributed by atoms with E-state index in [2.05, 4.69) is 25.7 Å². The van der Waals surface area contributed by atoms with Crippen LogP contribution < -0.4 is 0 Å². The number of hydrogen-bond donors (Lipinski definition) is 1. The molecule has 1 fully saturated rings. The van der Waals surface area contributed by atoms with E-state index >= 15 is 0 Å². The minimum atomic E-state index is -0.361. The van der Waals surface area contributed by atoms with Crippen molar-refractivity contribution < 1.29 is 14.2 Å². The number of rotatable bonds is 3. The fourth-order valence-corrected chi connectivity index (χ4v) is 3.12. The van der Waals surface area contributed by atoms with Crippen LogP contribution in [0.2, 0.25) is 0 Å². The largest absolute Gasteiger partial charge is 0.384 e. The van der Waals surface area contributed by atoms with Crippen LogP contribution in [0.3, 0.4) is 0 Å². The zero-order valence-corrected chi connectivity index (χ0v) is 12.7. The molecule has 3 heteroatoms. The summed E-state index contributed by atoms with van der Waals surface area (Å²) in [7, 11) is 0. The molecule has 2 atom stereocenters. The van der Waals surface area contributed by atoms with E-state index in [9.17, 15) is 4.39 Å². The first kappa shape index (κ1) is 16.0. The average molecular weight is 290 g/mol. The highest BCUT2D eigenvalue weighted by Crippen LogP contribution is 2.30. The predicted octanol–water partition coefficient (Wildman–Crippen LogP) is 3.51. The van der Waals surface area contributed by atoms with Crippen molar-refractivity contribution in [3.63, 3.8) is 0 Å². The SMILES string of the molecule is CC1CC(C)CC(OCc2ccc(F)c(C#CCO)c2)C1. The van der Waals surface area contributed by atoms with Gasteiger partial charge in [0, 0.05) is 0 Å². The molecule has 1 saturated carbocycles. The first-order chi connectivity index (χ1) is 10.1. The van der Waals surface area contributed by atoms with Crippen molar-refractivity contribution in [1.82, 2.24) is 0 Å². The Kier molecular flexibility index (Phi) is 5.78. The van der Waals surface area contributed by atoms with Gasteiger partial charge in [0.05, 0.1) is 18.3 Å².